The average Bonchev–Trinajstić information content (AvgIpc) is 3.28. The molecule has 0 aliphatic carbocycles. The largest absolute Gasteiger partial charge is 0.487 e. The Morgan fingerprint density at radius 3 is 2.78 bits per heavy atom. The zero-order chi connectivity index (χ0) is 22.8. The van der Waals surface area contributed by atoms with Crippen molar-refractivity contribution in [1.82, 2.24) is 9.88 Å². The monoisotopic (exact) mass is 458 g/mol. The maximum Gasteiger partial charge on any atom is 0.159 e. The first-order valence-electron chi connectivity index (χ1n) is 10.1. The number of allylic oxidation sites excluding steroid dienone is 1. The number of nitrogens with zero attached hydrogens (tertiary/aromatic N) is 6. The number of thiazole rings is 1. The third kappa shape index (κ3) is 6.94. The lowest BCUT2D eigenvalue weighted by atomic mass is 9.98. The second-order valence-electron chi connectivity index (χ2n) is 7.17. The van der Waals surface area contributed by atoms with Crippen LogP contribution in [0.2, 0.25) is 0 Å². The number of benzene rings is 1. The van der Waals surface area contributed by atoms with Crippen LogP contribution in [0, 0.1) is 0 Å². The Morgan fingerprint density at radius 1 is 1.34 bits per heavy atom. The van der Waals surface area contributed by atoms with Gasteiger partial charge in [0, 0.05) is 24.4 Å². The normalized spacial score (nSPS) is 16.1. The third-order valence-electron chi connectivity index (χ3n) is 4.93. The molecule has 9 nitrogen and oxygen atoms in total. The molecular formula is C21H27FN8OS. The summed E-state index contributed by atoms with van der Waals surface area (Å²) in [6, 6.07) is 7.31. The fourth-order valence-corrected chi connectivity index (χ4v) is 4.25. The van der Waals surface area contributed by atoms with Gasteiger partial charge in [-0.05, 0) is 43.8 Å². The lowest BCUT2D eigenvalue weighted by Crippen LogP contribution is -2.33. The van der Waals surface area contributed by atoms with Crippen LogP contribution in [0.4, 0.5) is 10.1 Å². The van der Waals surface area contributed by atoms with Crippen molar-refractivity contribution in [2.45, 2.75) is 25.4 Å². The maximum atomic E-state index is 13.2. The molecule has 0 radical (unpaired) electrons. The van der Waals surface area contributed by atoms with Crippen molar-refractivity contribution in [1.29, 1.82) is 0 Å². The summed E-state index contributed by atoms with van der Waals surface area (Å²) in [5.41, 5.74) is 1.66. The Balaban J connectivity index is 1.44. The maximum absolute atomic E-state index is 13.2. The highest BCUT2D eigenvalue weighted by Gasteiger charge is 2.22. The van der Waals surface area contributed by atoms with E-state index in [1.807, 2.05) is 29.6 Å². The number of hydrazone groups is 1. The lowest BCUT2D eigenvalue weighted by molar-refractivity contribution is 0.218. The van der Waals surface area contributed by atoms with Gasteiger partial charge in [0.25, 0.3) is 0 Å². The molecule has 4 N–H and O–H groups in total. The van der Waals surface area contributed by atoms with E-state index in [4.69, 9.17) is 21.4 Å². The van der Waals surface area contributed by atoms with E-state index >= 15 is 0 Å². The molecular weight excluding hydrogens is 431 g/mol. The van der Waals surface area contributed by atoms with Crippen molar-refractivity contribution in [3.63, 3.8) is 0 Å². The third-order valence-corrected chi connectivity index (χ3v) is 5.99. The van der Waals surface area contributed by atoms with Crippen LogP contribution in [-0.4, -0.2) is 48.9 Å². The Hall–Kier alpha value is -3.15. The molecule has 1 aromatic heterocycles. The minimum Gasteiger partial charge on any atom is -0.487 e. The van der Waals surface area contributed by atoms with Crippen molar-refractivity contribution >= 4 is 36.3 Å². The van der Waals surface area contributed by atoms with Crippen LogP contribution in [0.5, 0.6) is 5.75 Å². The molecule has 170 valence electrons. The van der Waals surface area contributed by atoms with Gasteiger partial charge < -0.3 is 10.6 Å². The number of likely N-dealkylation sites (tertiary alicyclic amines) is 1. The van der Waals surface area contributed by atoms with Crippen molar-refractivity contribution in [2.24, 2.45) is 26.8 Å². The molecule has 0 amide bonds. The molecule has 0 saturated carbocycles. The van der Waals surface area contributed by atoms with Gasteiger partial charge in [-0.1, -0.05) is 0 Å². The molecule has 3 rings (SSSR count). The van der Waals surface area contributed by atoms with Gasteiger partial charge in [-0.25, -0.2) is 15.2 Å². The van der Waals surface area contributed by atoms with Crippen LogP contribution >= 0.6 is 11.3 Å². The number of aromatic nitrogens is 1. The number of rotatable bonds is 10. The Bertz CT molecular complexity index is 951. The number of piperidine rings is 1. The van der Waals surface area contributed by atoms with Crippen LogP contribution in [0.25, 0.3) is 0 Å². The molecule has 11 heteroatoms. The minimum absolute atomic E-state index is 0.401. The fourth-order valence-electron chi connectivity index (χ4n) is 3.27. The first-order chi connectivity index (χ1) is 15.6. The van der Waals surface area contributed by atoms with Gasteiger partial charge in [-0.3, -0.25) is 19.9 Å². The second kappa shape index (κ2) is 12.0. The summed E-state index contributed by atoms with van der Waals surface area (Å²) in [5.74, 6) is 11.5. The number of anilines is 1. The molecule has 1 fully saturated rings. The SMILES string of the molecule is C=N/C=C(F)\C=N/CN1CCC(c2nc(COc3ccc(N(N)/C=N\N)cc3)cs2)CC1. The average molecular weight is 459 g/mol. The van der Waals surface area contributed by atoms with Gasteiger partial charge >= 0.3 is 0 Å². The standard InChI is InChI=1S/C21H27FN8OS/c1-25-10-17(22)11-26-14-29-8-6-16(7-9-29)21-28-18(13-32-21)12-31-20-4-2-19(3-5-20)30(24)15-27-23/h2-5,10-11,13,15-16H,1,6-9,12,14,23-24H2/b17-10+,26-11-,27-15-. The highest BCUT2D eigenvalue weighted by Crippen LogP contribution is 2.30. The number of ether oxygens (including phenoxy) is 1. The van der Waals surface area contributed by atoms with Crippen LogP contribution in [0.1, 0.15) is 29.5 Å². The van der Waals surface area contributed by atoms with Gasteiger partial charge in [-0.15, -0.1) is 11.3 Å². The summed E-state index contributed by atoms with van der Waals surface area (Å²) in [6.45, 7) is 5.89. The predicted molar refractivity (Wildman–Crippen MR) is 128 cm³/mol. The lowest BCUT2D eigenvalue weighted by Gasteiger charge is -2.29. The molecule has 32 heavy (non-hydrogen) atoms. The molecule has 0 spiro atoms. The summed E-state index contributed by atoms with van der Waals surface area (Å²) in [6.07, 6.45) is 5.55. The smallest absolute Gasteiger partial charge is 0.159 e. The number of hydrazine groups is 1. The summed E-state index contributed by atoms with van der Waals surface area (Å²) in [4.78, 5) is 14.4. The minimum atomic E-state index is -0.495. The number of nitrogens with two attached hydrogens (primary N) is 2. The van der Waals surface area contributed by atoms with E-state index in [0.717, 1.165) is 54.3 Å². The highest BCUT2D eigenvalue weighted by molar-refractivity contribution is 7.09. The number of hydrogen-bond acceptors (Lipinski definition) is 9. The van der Waals surface area contributed by atoms with Gasteiger partial charge in [0.15, 0.2) is 5.83 Å². The van der Waals surface area contributed by atoms with E-state index < -0.39 is 5.83 Å². The molecule has 2 heterocycles. The van der Waals surface area contributed by atoms with Crippen LogP contribution in [-0.2, 0) is 6.61 Å². The Kier molecular flexibility index (Phi) is 8.84. The molecule has 0 bridgehead atoms. The molecule has 0 unspecified atom stereocenters. The van der Waals surface area contributed by atoms with Crippen molar-refractivity contribution in [3.05, 3.63) is 52.4 Å². The summed E-state index contributed by atoms with van der Waals surface area (Å²) < 4.78 is 19.1. The number of hydrogen-bond donors (Lipinski definition) is 2. The van der Waals surface area contributed by atoms with E-state index in [1.165, 1.54) is 17.6 Å². The molecule has 1 aliphatic heterocycles. The zero-order valence-corrected chi connectivity index (χ0v) is 18.5. The molecule has 1 saturated heterocycles. The van der Waals surface area contributed by atoms with Crippen molar-refractivity contribution in [3.8, 4) is 5.75 Å². The van der Waals surface area contributed by atoms with Gasteiger partial charge in [0.1, 0.15) is 18.7 Å². The quantitative estimate of drug-likeness (QED) is 0.245. The Morgan fingerprint density at radius 2 is 2.09 bits per heavy atom. The van der Waals surface area contributed by atoms with Crippen LogP contribution in [0.15, 0.2) is 56.8 Å². The van der Waals surface area contributed by atoms with Crippen LogP contribution in [0.3, 0.4) is 0 Å². The summed E-state index contributed by atoms with van der Waals surface area (Å²) in [5, 5.41) is 7.89. The summed E-state index contributed by atoms with van der Waals surface area (Å²) in [7, 11) is 0. The van der Waals surface area contributed by atoms with E-state index in [9.17, 15) is 4.39 Å². The fraction of sp³-hybridized carbons (Fsp3) is 0.333. The van der Waals surface area contributed by atoms with Gasteiger partial charge in [-0.2, -0.15) is 5.10 Å². The van der Waals surface area contributed by atoms with Crippen molar-refractivity contribution < 1.29 is 9.13 Å². The van der Waals surface area contributed by atoms with E-state index in [1.54, 1.807) is 11.3 Å². The molecule has 0 atom stereocenters. The van der Waals surface area contributed by atoms with E-state index in [0.29, 0.717) is 19.2 Å². The number of aliphatic imine (C=N–C) groups is 2. The first-order valence-corrected chi connectivity index (χ1v) is 10.9. The van der Waals surface area contributed by atoms with Gasteiger partial charge in [0.2, 0.25) is 0 Å². The van der Waals surface area contributed by atoms with E-state index in [-0.39, 0.29) is 0 Å². The molecule has 1 aliphatic rings. The second-order valence-corrected chi connectivity index (χ2v) is 8.06. The van der Waals surface area contributed by atoms with Gasteiger partial charge in [0.05, 0.1) is 35.5 Å². The van der Waals surface area contributed by atoms with Crippen LogP contribution < -0.4 is 21.4 Å². The zero-order valence-electron chi connectivity index (χ0n) is 17.7. The van der Waals surface area contributed by atoms with Crippen molar-refractivity contribution in [2.75, 3.05) is 24.8 Å². The molecule has 1 aromatic carbocycles. The molecule has 2 aromatic rings. The highest BCUT2D eigenvalue weighted by atomic mass is 32.1. The first kappa shape index (κ1) is 23.5. The number of halogens is 1. The topological polar surface area (TPSA) is 118 Å². The predicted octanol–water partition coefficient (Wildman–Crippen LogP) is 3.02. The summed E-state index contributed by atoms with van der Waals surface area (Å²) >= 11 is 1.67. The Labute approximate surface area is 190 Å². The van der Waals surface area contributed by atoms with E-state index in [2.05, 4.69) is 26.7 Å².